The fraction of sp³-hybridized carbons (Fsp3) is 0.0435. The molecule has 4 aromatic rings. The molecule has 0 aliphatic heterocycles. The molecule has 1 aromatic heterocycles. The second kappa shape index (κ2) is 8.57. The number of ether oxygens (including phenoxy) is 1. The average Bonchev–Trinajstić information content (AvgIpc) is 3.22. The van der Waals surface area contributed by atoms with E-state index in [2.05, 4.69) is 15.2 Å². The number of halogens is 2. The number of carbonyl (C=O) groups excluding carboxylic acids is 1. The molecule has 1 heterocycles. The third-order valence-corrected chi connectivity index (χ3v) is 4.36. The van der Waals surface area contributed by atoms with Crippen molar-refractivity contribution >= 4 is 11.6 Å². The van der Waals surface area contributed by atoms with E-state index >= 15 is 0 Å². The number of rotatable bonds is 6. The van der Waals surface area contributed by atoms with Gasteiger partial charge in [-0.25, -0.2) is 4.68 Å². The monoisotopic (exact) mass is 405 g/mol. The summed E-state index contributed by atoms with van der Waals surface area (Å²) in [5.41, 5.74) is 3.00. The van der Waals surface area contributed by atoms with Crippen LogP contribution in [0.4, 0.5) is 14.5 Å². The third kappa shape index (κ3) is 4.35. The van der Waals surface area contributed by atoms with Crippen LogP contribution in [0.3, 0.4) is 0 Å². The summed E-state index contributed by atoms with van der Waals surface area (Å²) in [7, 11) is 0. The number of alkyl halides is 2. The van der Waals surface area contributed by atoms with Crippen LogP contribution in [0.5, 0.6) is 5.75 Å². The summed E-state index contributed by atoms with van der Waals surface area (Å²) in [5.74, 6) is -0.344. The lowest BCUT2D eigenvalue weighted by molar-refractivity contribution is -0.0498. The average molecular weight is 405 g/mol. The predicted octanol–water partition coefficient (Wildman–Crippen LogP) is 5.39. The highest BCUT2D eigenvalue weighted by molar-refractivity contribution is 6.08. The van der Waals surface area contributed by atoms with Crippen molar-refractivity contribution in [2.75, 3.05) is 5.32 Å². The normalized spacial score (nSPS) is 10.8. The predicted molar refractivity (Wildman–Crippen MR) is 110 cm³/mol. The van der Waals surface area contributed by atoms with Gasteiger partial charge in [-0.2, -0.15) is 13.9 Å². The number of amides is 1. The Bertz CT molecular complexity index is 1130. The number of para-hydroxylation sites is 1. The molecular weight excluding hydrogens is 388 g/mol. The Hall–Kier alpha value is -4.00. The Balaban J connectivity index is 1.65. The molecule has 0 saturated heterocycles. The van der Waals surface area contributed by atoms with E-state index in [1.165, 1.54) is 24.3 Å². The zero-order valence-corrected chi connectivity index (χ0v) is 15.7. The first-order chi connectivity index (χ1) is 14.6. The second-order valence-corrected chi connectivity index (χ2v) is 6.39. The third-order valence-electron chi connectivity index (χ3n) is 4.36. The quantitative estimate of drug-likeness (QED) is 0.468. The summed E-state index contributed by atoms with van der Waals surface area (Å²) < 4.78 is 30.6. The highest BCUT2D eigenvalue weighted by atomic mass is 19.3. The molecule has 7 heteroatoms. The molecule has 0 fully saturated rings. The van der Waals surface area contributed by atoms with Gasteiger partial charge in [-0.15, -0.1) is 0 Å². The fourth-order valence-electron chi connectivity index (χ4n) is 2.98. The number of anilines is 1. The molecule has 0 aliphatic carbocycles. The summed E-state index contributed by atoms with van der Waals surface area (Å²) in [6, 6.07) is 24.6. The smallest absolute Gasteiger partial charge is 0.387 e. The minimum absolute atomic E-state index is 0.0184. The number of carbonyl (C=O) groups is 1. The van der Waals surface area contributed by atoms with Crippen LogP contribution in [-0.2, 0) is 0 Å². The maximum absolute atomic E-state index is 13.0. The van der Waals surface area contributed by atoms with Gasteiger partial charge in [0.1, 0.15) is 11.4 Å². The van der Waals surface area contributed by atoms with E-state index in [9.17, 15) is 13.6 Å². The molecule has 0 bridgehead atoms. The Kier molecular flexibility index (Phi) is 5.52. The molecule has 0 unspecified atom stereocenters. The Labute approximate surface area is 171 Å². The van der Waals surface area contributed by atoms with Crippen molar-refractivity contribution in [1.29, 1.82) is 0 Å². The lowest BCUT2D eigenvalue weighted by atomic mass is 10.1. The van der Waals surface area contributed by atoms with Gasteiger partial charge in [0.05, 0.1) is 11.3 Å². The highest BCUT2D eigenvalue weighted by Crippen LogP contribution is 2.25. The van der Waals surface area contributed by atoms with Gasteiger partial charge >= 0.3 is 6.61 Å². The van der Waals surface area contributed by atoms with Gasteiger partial charge in [-0.1, -0.05) is 48.5 Å². The molecule has 0 spiro atoms. The van der Waals surface area contributed by atoms with Crippen molar-refractivity contribution in [1.82, 2.24) is 9.78 Å². The van der Waals surface area contributed by atoms with E-state index in [0.717, 1.165) is 11.3 Å². The maximum atomic E-state index is 13.0. The van der Waals surface area contributed by atoms with Crippen LogP contribution in [0.1, 0.15) is 10.4 Å². The molecule has 0 saturated carbocycles. The van der Waals surface area contributed by atoms with Crippen molar-refractivity contribution in [3.63, 3.8) is 0 Å². The largest absolute Gasteiger partial charge is 0.435 e. The minimum atomic E-state index is -2.90. The second-order valence-electron chi connectivity index (χ2n) is 6.39. The van der Waals surface area contributed by atoms with Gasteiger partial charge < -0.3 is 10.1 Å². The van der Waals surface area contributed by atoms with Gasteiger partial charge in [0.25, 0.3) is 5.91 Å². The molecule has 0 aliphatic rings. The van der Waals surface area contributed by atoms with E-state index in [0.29, 0.717) is 16.9 Å². The molecule has 5 nitrogen and oxygen atoms in total. The van der Waals surface area contributed by atoms with E-state index < -0.39 is 6.61 Å². The van der Waals surface area contributed by atoms with Crippen molar-refractivity contribution < 1.29 is 18.3 Å². The number of nitrogens with zero attached hydrogens (tertiary/aromatic N) is 2. The molecule has 0 radical (unpaired) electrons. The molecule has 0 atom stereocenters. The first kappa shape index (κ1) is 19.3. The molecule has 1 N–H and O–H groups in total. The van der Waals surface area contributed by atoms with Crippen LogP contribution in [0.2, 0.25) is 0 Å². The van der Waals surface area contributed by atoms with Crippen LogP contribution in [0.25, 0.3) is 16.9 Å². The molecule has 30 heavy (non-hydrogen) atoms. The highest BCUT2D eigenvalue weighted by Gasteiger charge is 2.19. The number of benzene rings is 3. The van der Waals surface area contributed by atoms with E-state index in [-0.39, 0.29) is 11.7 Å². The Morgan fingerprint density at radius 1 is 0.900 bits per heavy atom. The van der Waals surface area contributed by atoms with Crippen molar-refractivity contribution in [2.24, 2.45) is 0 Å². The SMILES string of the molecule is O=C(Nc1ccc(OC(F)F)cc1)c1cn(-c2ccccc2)nc1-c1ccccc1. The molecule has 3 aromatic carbocycles. The van der Waals surface area contributed by atoms with Gasteiger partial charge in [0, 0.05) is 17.4 Å². The minimum Gasteiger partial charge on any atom is -0.435 e. The van der Waals surface area contributed by atoms with Crippen molar-refractivity contribution in [3.05, 3.63) is 96.7 Å². The summed E-state index contributed by atoms with van der Waals surface area (Å²) in [4.78, 5) is 13.0. The number of hydrogen-bond acceptors (Lipinski definition) is 3. The van der Waals surface area contributed by atoms with Gasteiger partial charge in [0.2, 0.25) is 0 Å². The van der Waals surface area contributed by atoms with Crippen molar-refractivity contribution in [3.8, 4) is 22.7 Å². The molecule has 4 rings (SSSR count). The van der Waals surface area contributed by atoms with E-state index in [1.54, 1.807) is 10.9 Å². The first-order valence-corrected chi connectivity index (χ1v) is 9.17. The first-order valence-electron chi connectivity index (χ1n) is 9.17. The van der Waals surface area contributed by atoms with Crippen LogP contribution < -0.4 is 10.1 Å². The molecule has 1 amide bonds. The lowest BCUT2D eigenvalue weighted by Gasteiger charge is -2.07. The molecular formula is C23H17F2N3O2. The maximum Gasteiger partial charge on any atom is 0.387 e. The van der Waals surface area contributed by atoms with Crippen molar-refractivity contribution in [2.45, 2.75) is 6.61 Å². The zero-order chi connectivity index (χ0) is 20.9. The molecule has 150 valence electrons. The van der Waals surface area contributed by atoms with E-state index in [4.69, 9.17) is 0 Å². The Morgan fingerprint density at radius 2 is 1.53 bits per heavy atom. The van der Waals surface area contributed by atoms with Crippen LogP contribution in [0, 0.1) is 0 Å². The summed E-state index contributed by atoms with van der Waals surface area (Å²) in [6.45, 7) is -2.90. The fourth-order valence-corrected chi connectivity index (χ4v) is 2.98. The van der Waals surface area contributed by atoms with E-state index in [1.807, 2.05) is 60.7 Å². The number of hydrogen-bond donors (Lipinski definition) is 1. The lowest BCUT2D eigenvalue weighted by Crippen LogP contribution is -2.12. The summed E-state index contributed by atoms with van der Waals surface area (Å²) in [5, 5.41) is 7.39. The van der Waals surface area contributed by atoms with Crippen LogP contribution in [0.15, 0.2) is 91.1 Å². The summed E-state index contributed by atoms with van der Waals surface area (Å²) in [6.07, 6.45) is 1.67. The standard InChI is InChI=1S/C23H17F2N3O2/c24-23(25)30-19-13-11-17(12-14-19)26-22(29)20-15-28(18-9-5-2-6-10-18)27-21(20)16-7-3-1-4-8-16/h1-15,23H,(H,26,29). The topological polar surface area (TPSA) is 56.1 Å². The van der Waals surface area contributed by atoms with Gasteiger partial charge in [0.15, 0.2) is 0 Å². The number of nitrogens with one attached hydrogen (secondary N) is 1. The van der Waals surface area contributed by atoms with Crippen LogP contribution >= 0.6 is 0 Å². The van der Waals surface area contributed by atoms with Gasteiger partial charge in [-0.05, 0) is 36.4 Å². The summed E-state index contributed by atoms with van der Waals surface area (Å²) >= 11 is 0. The number of aromatic nitrogens is 2. The van der Waals surface area contributed by atoms with Gasteiger partial charge in [-0.3, -0.25) is 4.79 Å². The Morgan fingerprint density at radius 3 is 2.17 bits per heavy atom. The zero-order valence-electron chi connectivity index (χ0n) is 15.7. The van der Waals surface area contributed by atoms with Crippen LogP contribution in [-0.4, -0.2) is 22.3 Å².